The summed E-state index contributed by atoms with van der Waals surface area (Å²) in [6, 6.07) is 0. The molecule has 154 valence electrons. The second-order valence-electron chi connectivity index (χ2n) is 5.20. The molecule has 0 aromatic heterocycles. The van der Waals surface area contributed by atoms with E-state index in [1.54, 1.807) is 0 Å². The molecule has 0 saturated heterocycles. The number of rotatable bonds is 11. The SMILES string of the molecule is COc1c(OC)c(C(=O)O)c(CC(CO[N+](=O)[O-])O[N+](=O)[O-])c(C)c1C(=O)O. The predicted molar refractivity (Wildman–Crippen MR) is 86.7 cm³/mol. The van der Waals surface area contributed by atoms with Crippen LogP contribution in [0, 0.1) is 27.2 Å². The normalized spacial score (nSPS) is 11.2. The molecule has 0 bridgehead atoms. The zero-order valence-electron chi connectivity index (χ0n) is 14.9. The monoisotopic (exact) mass is 404 g/mol. The van der Waals surface area contributed by atoms with Crippen molar-refractivity contribution in [2.75, 3.05) is 20.8 Å². The molecule has 0 saturated carbocycles. The third kappa shape index (κ3) is 4.87. The lowest BCUT2D eigenvalue weighted by Gasteiger charge is -2.22. The van der Waals surface area contributed by atoms with Crippen molar-refractivity contribution in [3.05, 3.63) is 42.5 Å². The number of nitrogens with zero attached hydrogens (tertiary/aromatic N) is 2. The zero-order chi connectivity index (χ0) is 21.6. The Kier molecular flexibility index (Phi) is 7.29. The molecule has 2 N–H and O–H groups in total. The molecule has 1 aromatic rings. The average Bonchev–Trinajstić information content (AvgIpc) is 2.58. The third-order valence-electron chi connectivity index (χ3n) is 3.66. The highest BCUT2D eigenvalue weighted by Gasteiger charge is 2.32. The van der Waals surface area contributed by atoms with E-state index in [4.69, 9.17) is 9.47 Å². The summed E-state index contributed by atoms with van der Waals surface area (Å²) in [6.07, 6.45) is -2.19. The van der Waals surface area contributed by atoms with Crippen LogP contribution in [0.3, 0.4) is 0 Å². The maximum atomic E-state index is 11.8. The van der Waals surface area contributed by atoms with E-state index in [9.17, 15) is 40.0 Å². The molecule has 0 radical (unpaired) electrons. The van der Waals surface area contributed by atoms with Gasteiger partial charge in [-0.25, -0.2) is 9.59 Å². The first-order valence-electron chi connectivity index (χ1n) is 7.37. The van der Waals surface area contributed by atoms with Crippen molar-refractivity contribution in [2.24, 2.45) is 0 Å². The Bertz CT molecular complexity index is 806. The van der Waals surface area contributed by atoms with Gasteiger partial charge in [-0.05, 0) is 18.1 Å². The van der Waals surface area contributed by atoms with Gasteiger partial charge in [-0.15, -0.1) is 20.2 Å². The van der Waals surface area contributed by atoms with Gasteiger partial charge in [0.15, 0.2) is 11.5 Å². The van der Waals surface area contributed by atoms with Crippen LogP contribution in [0.2, 0.25) is 0 Å². The standard InChI is InChI=1S/C14H16N2O12/c1-6-8(4-7(28-16(23)24)5-27-15(21)22)10(14(19)20)12(26-3)11(25-2)9(6)13(17)18/h7H,4-5H2,1-3H3,(H,17,18)(H,19,20). The smallest absolute Gasteiger partial charge is 0.339 e. The van der Waals surface area contributed by atoms with Gasteiger partial charge >= 0.3 is 11.9 Å². The molecule has 28 heavy (non-hydrogen) atoms. The number of carboxylic acid groups (broad SMARTS) is 2. The molecule has 14 nitrogen and oxygen atoms in total. The molecule has 0 aliphatic carbocycles. The minimum Gasteiger partial charge on any atom is -0.492 e. The summed E-state index contributed by atoms with van der Waals surface area (Å²) >= 11 is 0. The van der Waals surface area contributed by atoms with Crippen molar-refractivity contribution in [3.8, 4) is 11.5 Å². The van der Waals surface area contributed by atoms with E-state index < -0.39 is 58.1 Å². The topological polar surface area (TPSA) is 198 Å². The van der Waals surface area contributed by atoms with Crippen LogP contribution in [0.15, 0.2) is 0 Å². The Balaban J connectivity index is 3.67. The summed E-state index contributed by atoms with van der Waals surface area (Å²) in [4.78, 5) is 52.8. The molecule has 1 rings (SSSR count). The fraction of sp³-hybridized carbons (Fsp3) is 0.429. The van der Waals surface area contributed by atoms with Crippen LogP contribution in [0.1, 0.15) is 31.8 Å². The minimum atomic E-state index is -1.60. The quantitative estimate of drug-likeness (QED) is 0.388. The Morgan fingerprint density at radius 3 is 1.89 bits per heavy atom. The van der Waals surface area contributed by atoms with E-state index in [0.717, 1.165) is 14.2 Å². The summed E-state index contributed by atoms with van der Waals surface area (Å²) in [6.45, 7) is 0.355. The first-order chi connectivity index (χ1) is 13.0. The molecule has 0 fully saturated rings. The van der Waals surface area contributed by atoms with Crippen molar-refractivity contribution in [3.63, 3.8) is 0 Å². The number of hydrogen-bond donors (Lipinski definition) is 2. The van der Waals surface area contributed by atoms with Gasteiger partial charge in [-0.3, -0.25) is 0 Å². The highest BCUT2D eigenvalue weighted by Crippen LogP contribution is 2.40. The van der Waals surface area contributed by atoms with Crippen molar-refractivity contribution in [2.45, 2.75) is 19.4 Å². The van der Waals surface area contributed by atoms with E-state index in [1.165, 1.54) is 6.92 Å². The Hall–Kier alpha value is -3.84. The average molecular weight is 404 g/mol. The summed E-state index contributed by atoms with van der Waals surface area (Å²) in [5.41, 5.74) is -1.27. The molecule has 14 heteroatoms. The Morgan fingerprint density at radius 2 is 1.50 bits per heavy atom. The first-order valence-corrected chi connectivity index (χ1v) is 7.37. The van der Waals surface area contributed by atoms with E-state index in [1.807, 2.05) is 0 Å². The van der Waals surface area contributed by atoms with Crippen LogP contribution in [-0.4, -0.2) is 59.3 Å². The number of ether oxygens (including phenoxy) is 2. The summed E-state index contributed by atoms with van der Waals surface area (Å²) < 4.78 is 9.97. The molecule has 0 aliphatic rings. The van der Waals surface area contributed by atoms with Crippen molar-refractivity contribution >= 4 is 11.9 Å². The molecule has 1 unspecified atom stereocenters. The number of carboxylic acids is 2. The van der Waals surface area contributed by atoms with Crippen LogP contribution in [0.5, 0.6) is 11.5 Å². The Labute approximate surface area is 156 Å². The van der Waals surface area contributed by atoms with Gasteiger partial charge in [0.05, 0.1) is 14.2 Å². The first kappa shape index (κ1) is 22.2. The van der Waals surface area contributed by atoms with Gasteiger partial charge < -0.3 is 29.4 Å². The van der Waals surface area contributed by atoms with Crippen LogP contribution < -0.4 is 9.47 Å². The van der Waals surface area contributed by atoms with Gasteiger partial charge in [-0.1, -0.05) is 0 Å². The predicted octanol–water partition coefficient (Wildman–Crippen LogP) is 0.736. The maximum absolute atomic E-state index is 11.8. The number of carbonyl (C=O) groups is 2. The fourth-order valence-corrected chi connectivity index (χ4v) is 2.62. The Morgan fingerprint density at radius 1 is 1.00 bits per heavy atom. The second kappa shape index (κ2) is 9.20. The molecule has 1 atom stereocenters. The molecular formula is C14H16N2O12. The lowest BCUT2D eigenvalue weighted by molar-refractivity contribution is -0.789. The second-order valence-corrected chi connectivity index (χ2v) is 5.20. The molecule has 0 spiro atoms. The molecule has 0 aliphatic heterocycles. The molecule has 0 amide bonds. The third-order valence-corrected chi connectivity index (χ3v) is 3.66. The van der Waals surface area contributed by atoms with E-state index >= 15 is 0 Å². The number of methoxy groups -OCH3 is 2. The van der Waals surface area contributed by atoms with Crippen LogP contribution in [0.4, 0.5) is 0 Å². The minimum absolute atomic E-state index is 0.0967. The molecule has 1 aromatic carbocycles. The van der Waals surface area contributed by atoms with Gasteiger partial charge in [-0.2, -0.15) is 0 Å². The molecular weight excluding hydrogens is 388 g/mol. The summed E-state index contributed by atoms with van der Waals surface area (Å²) in [5.74, 6) is -3.80. The lowest BCUT2D eigenvalue weighted by atomic mass is 9.91. The highest BCUT2D eigenvalue weighted by atomic mass is 17.0. The number of benzene rings is 1. The zero-order valence-corrected chi connectivity index (χ0v) is 14.9. The van der Waals surface area contributed by atoms with Crippen LogP contribution in [-0.2, 0) is 16.1 Å². The van der Waals surface area contributed by atoms with Crippen molar-refractivity contribution in [1.29, 1.82) is 0 Å². The van der Waals surface area contributed by atoms with E-state index in [0.29, 0.717) is 0 Å². The largest absolute Gasteiger partial charge is 0.492 e. The van der Waals surface area contributed by atoms with Crippen molar-refractivity contribution in [1.82, 2.24) is 0 Å². The van der Waals surface area contributed by atoms with Crippen LogP contribution >= 0.6 is 0 Å². The van der Waals surface area contributed by atoms with Crippen LogP contribution in [0.25, 0.3) is 0 Å². The summed E-state index contributed by atoms with van der Waals surface area (Å²) in [5, 5.41) is 37.6. The fourth-order valence-electron chi connectivity index (χ4n) is 2.62. The van der Waals surface area contributed by atoms with Gasteiger partial charge in [0.1, 0.15) is 23.8 Å². The number of hydrogen-bond acceptors (Lipinski definition) is 10. The van der Waals surface area contributed by atoms with Gasteiger partial charge in [0.2, 0.25) is 0 Å². The highest BCUT2D eigenvalue weighted by molar-refractivity contribution is 6.01. The van der Waals surface area contributed by atoms with E-state index in [-0.39, 0.29) is 16.9 Å². The summed E-state index contributed by atoms with van der Waals surface area (Å²) in [7, 11) is 2.19. The lowest BCUT2D eigenvalue weighted by Crippen LogP contribution is -2.28. The van der Waals surface area contributed by atoms with E-state index in [2.05, 4.69) is 9.68 Å². The molecule has 0 heterocycles. The van der Waals surface area contributed by atoms with Gasteiger partial charge in [0, 0.05) is 6.42 Å². The number of aromatic carboxylic acids is 2. The van der Waals surface area contributed by atoms with Crippen molar-refractivity contribution < 1.29 is 49.1 Å². The maximum Gasteiger partial charge on any atom is 0.339 e. The van der Waals surface area contributed by atoms with Gasteiger partial charge in [0.25, 0.3) is 10.2 Å².